The zero-order valence-electron chi connectivity index (χ0n) is 15.3. The average molecular weight is 372 g/mol. The number of nitrogens with one attached hydrogen (secondary N) is 1. The number of benzene rings is 2. The van der Waals surface area contributed by atoms with Gasteiger partial charge >= 0.3 is 0 Å². The number of thiocarbonyl (C=S) groups is 1. The van der Waals surface area contributed by atoms with Crippen molar-refractivity contribution in [2.75, 3.05) is 50.1 Å². The Morgan fingerprint density at radius 2 is 1.65 bits per heavy atom. The maximum absolute atomic E-state index is 5.66. The van der Waals surface area contributed by atoms with Crippen LogP contribution < -0.4 is 19.7 Å². The molecule has 0 spiro atoms. The van der Waals surface area contributed by atoms with E-state index in [4.69, 9.17) is 21.7 Å². The molecule has 138 valence electrons. The molecule has 3 rings (SSSR count). The van der Waals surface area contributed by atoms with E-state index in [0.717, 1.165) is 54.2 Å². The number of hydrogen-bond donors (Lipinski definition) is 1. The first-order chi connectivity index (χ1) is 12.7. The Morgan fingerprint density at radius 1 is 1.00 bits per heavy atom. The van der Waals surface area contributed by atoms with Gasteiger partial charge in [-0.25, -0.2) is 0 Å². The Hall–Kier alpha value is -2.47. The molecular formula is C20H25N3O2S. The molecule has 1 N–H and O–H groups in total. The number of hydrogen-bond acceptors (Lipinski definition) is 4. The first-order valence-corrected chi connectivity index (χ1v) is 9.29. The maximum Gasteiger partial charge on any atom is 0.173 e. The third-order valence-corrected chi connectivity index (χ3v) is 4.78. The van der Waals surface area contributed by atoms with Crippen LogP contribution >= 0.6 is 12.2 Å². The van der Waals surface area contributed by atoms with Crippen LogP contribution in [0.5, 0.6) is 11.5 Å². The summed E-state index contributed by atoms with van der Waals surface area (Å²) in [5.74, 6) is 1.73. The minimum absolute atomic E-state index is 0.628. The molecule has 0 saturated carbocycles. The highest BCUT2D eigenvalue weighted by Crippen LogP contribution is 2.29. The summed E-state index contributed by atoms with van der Waals surface area (Å²) in [6, 6.07) is 16.0. The van der Waals surface area contributed by atoms with Gasteiger partial charge in [-0.3, -0.25) is 0 Å². The summed E-state index contributed by atoms with van der Waals surface area (Å²) in [6.45, 7) is 6.13. The smallest absolute Gasteiger partial charge is 0.173 e. The largest absolute Gasteiger partial charge is 0.495 e. The van der Waals surface area contributed by atoms with Gasteiger partial charge in [0, 0.05) is 26.2 Å². The van der Waals surface area contributed by atoms with Crippen molar-refractivity contribution in [1.29, 1.82) is 0 Å². The molecule has 2 aromatic rings. The van der Waals surface area contributed by atoms with Crippen LogP contribution in [0.3, 0.4) is 0 Å². The molecule has 6 heteroatoms. The van der Waals surface area contributed by atoms with Crippen LogP contribution in [0, 0.1) is 0 Å². The molecule has 0 amide bonds. The van der Waals surface area contributed by atoms with Gasteiger partial charge in [0.2, 0.25) is 0 Å². The fraction of sp³-hybridized carbons (Fsp3) is 0.350. The van der Waals surface area contributed by atoms with E-state index in [0.29, 0.717) is 6.61 Å². The van der Waals surface area contributed by atoms with Gasteiger partial charge in [-0.2, -0.15) is 0 Å². The van der Waals surface area contributed by atoms with Crippen molar-refractivity contribution in [3.05, 3.63) is 48.5 Å². The second-order valence-corrected chi connectivity index (χ2v) is 6.39. The lowest BCUT2D eigenvalue weighted by Crippen LogP contribution is -2.50. The van der Waals surface area contributed by atoms with Gasteiger partial charge < -0.3 is 24.6 Å². The van der Waals surface area contributed by atoms with Crippen LogP contribution in [0.2, 0.25) is 0 Å². The second-order valence-electron chi connectivity index (χ2n) is 6.01. The minimum atomic E-state index is 0.628. The van der Waals surface area contributed by atoms with Crippen LogP contribution in [-0.2, 0) is 0 Å². The molecule has 1 aliphatic heterocycles. The van der Waals surface area contributed by atoms with Crippen LogP contribution in [0.25, 0.3) is 0 Å². The zero-order valence-corrected chi connectivity index (χ0v) is 16.1. The molecule has 0 radical (unpaired) electrons. The number of piperazine rings is 1. The molecule has 2 aromatic carbocycles. The highest BCUT2D eigenvalue weighted by Gasteiger charge is 2.21. The van der Waals surface area contributed by atoms with Crippen molar-refractivity contribution < 1.29 is 9.47 Å². The predicted molar refractivity (Wildman–Crippen MR) is 111 cm³/mol. The van der Waals surface area contributed by atoms with Gasteiger partial charge in [-0.1, -0.05) is 24.3 Å². The second kappa shape index (κ2) is 8.76. The fourth-order valence-electron chi connectivity index (χ4n) is 3.09. The molecule has 1 fully saturated rings. The predicted octanol–water partition coefficient (Wildman–Crippen LogP) is 3.61. The third-order valence-electron chi connectivity index (χ3n) is 4.42. The lowest BCUT2D eigenvalue weighted by Gasteiger charge is -2.37. The first kappa shape index (κ1) is 18.3. The van der Waals surface area contributed by atoms with E-state index < -0.39 is 0 Å². The van der Waals surface area contributed by atoms with Crippen molar-refractivity contribution >= 4 is 28.7 Å². The normalized spacial score (nSPS) is 14.1. The van der Waals surface area contributed by atoms with Gasteiger partial charge in [0.05, 0.1) is 25.1 Å². The van der Waals surface area contributed by atoms with Crippen LogP contribution in [0.4, 0.5) is 11.4 Å². The monoisotopic (exact) mass is 371 g/mol. The Kier molecular flexibility index (Phi) is 6.17. The van der Waals surface area contributed by atoms with E-state index in [-0.39, 0.29) is 0 Å². The summed E-state index contributed by atoms with van der Waals surface area (Å²) >= 11 is 5.62. The number of methoxy groups -OCH3 is 1. The van der Waals surface area contributed by atoms with E-state index in [1.807, 2.05) is 49.4 Å². The standard InChI is InChI=1S/C20H25N3O2S/c1-3-25-18-10-6-4-8-16(18)21-20(26)23-14-12-22(13-15-23)17-9-5-7-11-19(17)24-2/h4-11H,3,12-15H2,1-2H3,(H,21,26). The van der Waals surface area contributed by atoms with Crippen molar-refractivity contribution in [2.24, 2.45) is 0 Å². The van der Waals surface area contributed by atoms with Crippen LogP contribution in [-0.4, -0.2) is 49.9 Å². The maximum atomic E-state index is 5.66. The summed E-state index contributed by atoms with van der Waals surface area (Å²) in [7, 11) is 1.71. The molecule has 1 saturated heterocycles. The summed E-state index contributed by atoms with van der Waals surface area (Å²) in [4.78, 5) is 4.54. The quantitative estimate of drug-likeness (QED) is 0.809. The van der Waals surface area contributed by atoms with Crippen LogP contribution in [0.1, 0.15) is 6.92 Å². The minimum Gasteiger partial charge on any atom is -0.495 e. The van der Waals surface area contributed by atoms with Gasteiger partial charge in [0.25, 0.3) is 0 Å². The fourth-order valence-corrected chi connectivity index (χ4v) is 3.38. The number of ether oxygens (including phenoxy) is 2. The highest BCUT2D eigenvalue weighted by atomic mass is 32.1. The molecule has 0 unspecified atom stereocenters. The van der Waals surface area contributed by atoms with Crippen molar-refractivity contribution in [1.82, 2.24) is 4.90 Å². The van der Waals surface area contributed by atoms with E-state index >= 15 is 0 Å². The summed E-state index contributed by atoms with van der Waals surface area (Å²) in [6.07, 6.45) is 0. The average Bonchev–Trinajstić information content (AvgIpc) is 2.69. The molecule has 0 aliphatic carbocycles. The van der Waals surface area contributed by atoms with Gasteiger partial charge in [-0.15, -0.1) is 0 Å². The Labute approximate surface area is 160 Å². The van der Waals surface area contributed by atoms with Gasteiger partial charge in [-0.05, 0) is 43.4 Å². The van der Waals surface area contributed by atoms with E-state index in [2.05, 4.69) is 21.2 Å². The van der Waals surface area contributed by atoms with Gasteiger partial charge in [0.1, 0.15) is 11.5 Å². The van der Waals surface area contributed by atoms with E-state index in [1.54, 1.807) is 7.11 Å². The van der Waals surface area contributed by atoms with E-state index in [1.165, 1.54) is 0 Å². The molecule has 1 heterocycles. The van der Waals surface area contributed by atoms with Crippen LogP contribution in [0.15, 0.2) is 48.5 Å². The SMILES string of the molecule is CCOc1ccccc1NC(=S)N1CCN(c2ccccc2OC)CC1. The van der Waals surface area contributed by atoms with Crippen molar-refractivity contribution in [3.63, 3.8) is 0 Å². The molecule has 1 aliphatic rings. The molecule has 26 heavy (non-hydrogen) atoms. The molecule has 0 aromatic heterocycles. The number of nitrogens with zero attached hydrogens (tertiary/aromatic N) is 2. The first-order valence-electron chi connectivity index (χ1n) is 8.88. The summed E-state index contributed by atoms with van der Waals surface area (Å²) in [5.41, 5.74) is 2.04. The summed E-state index contributed by atoms with van der Waals surface area (Å²) in [5, 5.41) is 4.06. The Morgan fingerprint density at radius 3 is 2.35 bits per heavy atom. The summed E-state index contributed by atoms with van der Waals surface area (Å²) < 4.78 is 11.1. The molecular weight excluding hydrogens is 346 g/mol. The Bertz CT molecular complexity index is 745. The lowest BCUT2D eigenvalue weighted by molar-refractivity contribution is 0.341. The molecule has 0 bridgehead atoms. The topological polar surface area (TPSA) is 37.0 Å². The number of anilines is 2. The van der Waals surface area contributed by atoms with Gasteiger partial charge in [0.15, 0.2) is 5.11 Å². The van der Waals surface area contributed by atoms with E-state index in [9.17, 15) is 0 Å². The Balaban J connectivity index is 1.60. The molecule has 5 nitrogen and oxygen atoms in total. The van der Waals surface area contributed by atoms with Crippen molar-refractivity contribution in [2.45, 2.75) is 6.92 Å². The number of para-hydroxylation sites is 4. The zero-order chi connectivity index (χ0) is 18.4. The van der Waals surface area contributed by atoms with Crippen molar-refractivity contribution in [3.8, 4) is 11.5 Å². The lowest BCUT2D eigenvalue weighted by atomic mass is 10.2. The highest BCUT2D eigenvalue weighted by molar-refractivity contribution is 7.80. The third kappa shape index (κ3) is 4.19. The number of rotatable bonds is 5. The molecule has 0 atom stereocenters.